The van der Waals surface area contributed by atoms with Gasteiger partial charge in [0.2, 0.25) is 7.37 Å². The van der Waals surface area contributed by atoms with Crippen molar-refractivity contribution in [3.8, 4) is 0 Å². The predicted molar refractivity (Wildman–Crippen MR) is 74.0 cm³/mol. The van der Waals surface area contributed by atoms with Gasteiger partial charge in [-0.15, -0.1) is 16.8 Å². The van der Waals surface area contributed by atoms with E-state index in [0.29, 0.717) is 5.06 Å². The second-order valence-corrected chi connectivity index (χ2v) is 9.26. The summed E-state index contributed by atoms with van der Waals surface area (Å²) in [6, 6.07) is 0. The molecular formula is C11H18NO6PS. The summed E-state index contributed by atoms with van der Waals surface area (Å²) in [6.45, 7) is 5.28. The van der Waals surface area contributed by atoms with Crippen molar-refractivity contribution in [1.82, 2.24) is 5.06 Å². The Bertz CT molecular complexity index is 466. The van der Waals surface area contributed by atoms with Crippen LogP contribution in [0.2, 0.25) is 0 Å². The van der Waals surface area contributed by atoms with Gasteiger partial charge in [-0.05, 0) is 5.25 Å². The van der Waals surface area contributed by atoms with Crippen LogP contribution in [0, 0.1) is 5.92 Å². The van der Waals surface area contributed by atoms with E-state index in [2.05, 4.69) is 4.84 Å². The van der Waals surface area contributed by atoms with E-state index in [9.17, 15) is 23.8 Å². The van der Waals surface area contributed by atoms with Crippen LogP contribution in [0.1, 0.15) is 27.2 Å². The first-order valence-corrected chi connectivity index (χ1v) is 9.20. The van der Waals surface area contributed by atoms with Crippen molar-refractivity contribution >= 4 is 36.9 Å². The molecular weight excluding hydrogens is 305 g/mol. The molecule has 0 aliphatic carbocycles. The third-order valence-electron chi connectivity index (χ3n) is 2.51. The molecule has 7 nitrogen and oxygen atoms in total. The second kappa shape index (κ2) is 6.74. The summed E-state index contributed by atoms with van der Waals surface area (Å²) in [5.74, 6) is -2.79. The molecule has 1 aliphatic rings. The number of carbonyl (C=O) groups is 3. The predicted octanol–water partition coefficient (Wildman–Crippen LogP) is 1.21. The number of imide groups is 1. The van der Waals surface area contributed by atoms with Crippen molar-refractivity contribution < 1.29 is 28.7 Å². The molecule has 1 N–H and O–H groups in total. The van der Waals surface area contributed by atoms with Gasteiger partial charge in [-0.3, -0.25) is 14.2 Å². The standard InChI is InChI=1S/C11H18NO6PS/c1-7(2)20-6-19(16,17)5-10(14)18-12-9(13)4-8(3)11(12)15/h7-8H,4-6H2,1-3H3,(H,16,17). The summed E-state index contributed by atoms with van der Waals surface area (Å²) in [6.07, 6.45) is -0.732. The molecule has 1 heterocycles. The molecule has 0 aromatic heterocycles. The second-order valence-electron chi connectivity index (χ2n) is 4.94. The van der Waals surface area contributed by atoms with Gasteiger partial charge >= 0.3 is 5.97 Å². The molecule has 2 atom stereocenters. The summed E-state index contributed by atoms with van der Waals surface area (Å²) in [5.41, 5.74) is -0.0714. The van der Waals surface area contributed by atoms with Gasteiger partial charge in [0.05, 0.1) is 5.49 Å². The molecule has 1 fully saturated rings. The van der Waals surface area contributed by atoms with Crippen LogP contribution in [0.4, 0.5) is 0 Å². The fourth-order valence-electron chi connectivity index (χ4n) is 1.49. The molecule has 0 bridgehead atoms. The number of thioether (sulfide) groups is 1. The van der Waals surface area contributed by atoms with Crippen LogP contribution in [0.5, 0.6) is 0 Å². The van der Waals surface area contributed by atoms with Crippen LogP contribution in [0.3, 0.4) is 0 Å². The number of hydrogen-bond acceptors (Lipinski definition) is 6. The zero-order valence-corrected chi connectivity index (χ0v) is 13.3. The van der Waals surface area contributed by atoms with Gasteiger partial charge in [0.25, 0.3) is 11.8 Å². The molecule has 2 unspecified atom stereocenters. The maximum Gasteiger partial charge on any atom is 0.342 e. The molecule has 0 aromatic carbocycles. The summed E-state index contributed by atoms with van der Waals surface area (Å²) < 4.78 is 11.8. The lowest BCUT2D eigenvalue weighted by molar-refractivity contribution is -0.196. The monoisotopic (exact) mass is 323 g/mol. The first-order valence-electron chi connectivity index (χ1n) is 6.12. The molecule has 0 radical (unpaired) electrons. The highest BCUT2D eigenvalue weighted by Crippen LogP contribution is 2.44. The first-order chi connectivity index (χ1) is 9.12. The van der Waals surface area contributed by atoms with Crippen molar-refractivity contribution in [3.05, 3.63) is 0 Å². The lowest BCUT2D eigenvalue weighted by Gasteiger charge is -2.15. The Hall–Kier alpha value is -0.850. The fourth-order valence-corrected chi connectivity index (χ4v) is 4.45. The summed E-state index contributed by atoms with van der Waals surface area (Å²) in [4.78, 5) is 48.7. The highest BCUT2D eigenvalue weighted by Gasteiger charge is 2.39. The molecule has 20 heavy (non-hydrogen) atoms. The Kier molecular flexibility index (Phi) is 5.79. The molecule has 1 rings (SSSR count). The van der Waals surface area contributed by atoms with E-state index in [1.54, 1.807) is 6.92 Å². The Morgan fingerprint density at radius 2 is 2.15 bits per heavy atom. The molecule has 0 spiro atoms. The van der Waals surface area contributed by atoms with Crippen LogP contribution in [0.25, 0.3) is 0 Å². The lowest BCUT2D eigenvalue weighted by Crippen LogP contribution is -2.34. The van der Waals surface area contributed by atoms with Crippen molar-refractivity contribution in [1.29, 1.82) is 0 Å². The minimum Gasteiger partial charge on any atom is -0.343 e. The molecule has 1 aliphatic heterocycles. The first kappa shape index (κ1) is 17.2. The third-order valence-corrected chi connectivity index (χ3v) is 6.14. The maximum absolute atomic E-state index is 11.8. The Morgan fingerprint density at radius 1 is 1.55 bits per heavy atom. The van der Waals surface area contributed by atoms with Gasteiger partial charge < -0.3 is 9.73 Å². The normalized spacial score (nSPS) is 22.2. The molecule has 114 valence electrons. The SMILES string of the molecule is CC(C)SCP(=O)(O)CC(=O)ON1C(=O)CC(C)C1=O. The maximum atomic E-state index is 11.8. The molecule has 9 heteroatoms. The molecule has 2 amide bonds. The van der Waals surface area contributed by atoms with Crippen LogP contribution >= 0.6 is 19.1 Å². The minimum absolute atomic E-state index is 0.0217. The van der Waals surface area contributed by atoms with E-state index in [1.165, 1.54) is 11.8 Å². The van der Waals surface area contributed by atoms with Crippen molar-refractivity contribution in [2.45, 2.75) is 32.4 Å². The van der Waals surface area contributed by atoms with E-state index in [1.807, 2.05) is 13.8 Å². The zero-order valence-electron chi connectivity index (χ0n) is 11.6. The van der Waals surface area contributed by atoms with E-state index in [4.69, 9.17) is 0 Å². The topological polar surface area (TPSA) is 101 Å². The van der Waals surface area contributed by atoms with Gasteiger partial charge in [0.1, 0.15) is 6.16 Å². The summed E-state index contributed by atoms with van der Waals surface area (Å²) in [5, 5.41) is 0.553. The van der Waals surface area contributed by atoms with Crippen molar-refractivity contribution in [2.75, 3.05) is 11.7 Å². The lowest BCUT2D eigenvalue weighted by atomic mass is 10.1. The number of hydrogen-bond donors (Lipinski definition) is 1. The van der Waals surface area contributed by atoms with Crippen LogP contribution in [-0.2, 0) is 23.8 Å². The molecule has 1 saturated heterocycles. The smallest absolute Gasteiger partial charge is 0.342 e. The molecule has 0 saturated carbocycles. The van der Waals surface area contributed by atoms with E-state index in [-0.39, 0.29) is 17.2 Å². The number of hydroxylamine groups is 2. The highest BCUT2D eigenvalue weighted by atomic mass is 32.2. The van der Waals surface area contributed by atoms with E-state index < -0.39 is 37.2 Å². The highest BCUT2D eigenvalue weighted by molar-refractivity contribution is 8.05. The zero-order chi connectivity index (χ0) is 15.5. The Balaban J connectivity index is 2.53. The van der Waals surface area contributed by atoms with E-state index in [0.717, 1.165) is 0 Å². The van der Waals surface area contributed by atoms with Gasteiger partial charge in [-0.25, -0.2) is 4.79 Å². The van der Waals surface area contributed by atoms with E-state index >= 15 is 0 Å². The quantitative estimate of drug-likeness (QED) is 0.579. The fraction of sp³-hybridized carbons (Fsp3) is 0.727. The number of amides is 2. The van der Waals surface area contributed by atoms with Gasteiger partial charge in [-0.2, -0.15) is 0 Å². The van der Waals surface area contributed by atoms with Crippen LogP contribution in [0.15, 0.2) is 0 Å². The third kappa shape index (κ3) is 4.92. The molecule has 0 aromatic rings. The van der Waals surface area contributed by atoms with Crippen LogP contribution < -0.4 is 0 Å². The average Bonchev–Trinajstić information content (AvgIpc) is 2.53. The largest absolute Gasteiger partial charge is 0.343 e. The van der Waals surface area contributed by atoms with Crippen molar-refractivity contribution in [3.63, 3.8) is 0 Å². The van der Waals surface area contributed by atoms with Gasteiger partial charge in [-0.1, -0.05) is 20.8 Å². The Labute approximate surface area is 121 Å². The minimum atomic E-state index is -3.67. The van der Waals surface area contributed by atoms with Gasteiger partial charge in [0, 0.05) is 12.3 Å². The number of nitrogens with zero attached hydrogens (tertiary/aromatic N) is 1. The average molecular weight is 323 g/mol. The number of rotatable bonds is 6. The summed E-state index contributed by atoms with van der Waals surface area (Å²) >= 11 is 1.26. The van der Waals surface area contributed by atoms with Gasteiger partial charge in [0.15, 0.2) is 0 Å². The summed E-state index contributed by atoms with van der Waals surface area (Å²) in [7, 11) is -3.67. The van der Waals surface area contributed by atoms with Crippen molar-refractivity contribution in [2.24, 2.45) is 5.92 Å². The van der Waals surface area contributed by atoms with Crippen LogP contribution in [-0.4, -0.2) is 44.6 Å². The number of carbonyl (C=O) groups excluding carboxylic acids is 3. The Morgan fingerprint density at radius 3 is 2.60 bits per heavy atom.